The summed E-state index contributed by atoms with van der Waals surface area (Å²) in [7, 11) is 1.47. The fourth-order valence-electron chi connectivity index (χ4n) is 1.49. The first kappa shape index (κ1) is 15.0. The number of carboxylic acid groups (broad SMARTS) is 1. The fourth-order valence-corrected chi connectivity index (χ4v) is 1.49. The zero-order chi connectivity index (χ0) is 14.3. The molecule has 0 saturated heterocycles. The number of ether oxygens (including phenoxy) is 2. The number of anilines is 1. The Balaban J connectivity index is 2.87. The van der Waals surface area contributed by atoms with Gasteiger partial charge in [-0.05, 0) is 12.1 Å². The molecule has 104 valence electrons. The van der Waals surface area contributed by atoms with E-state index in [0.29, 0.717) is 24.5 Å². The van der Waals surface area contributed by atoms with Gasteiger partial charge in [-0.15, -0.1) is 6.58 Å². The van der Waals surface area contributed by atoms with E-state index in [1.54, 1.807) is 30.3 Å². The maximum Gasteiger partial charge on any atom is 0.411 e. The number of hydrogen-bond acceptors (Lipinski definition) is 3. The largest absolute Gasteiger partial charge is 0.465 e. The molecule has 0 fully saturated rings. The Morgan fingerprint density at radius 3 is 2.79 bits per heavy atom. The Morgan fingerprint density at radius 2 is 2.21 bits per heavy atom. The average molecular weight is 265 g/mol. The van der Waals surface area contributed by atoms with Crippen LogP contribution in [0.25, 0.3) is 0 Å². The summed E-state index contributed by atoms with van der Waals surface area (Å²) in [6.45, 7) is 5.89. The molecule has 1 N–H and O–H groups in total. The molecule has 0 saturated carbocycles. The molecule has 1 amide bonds. The number of carbonyl (C=O) groups is 1. The van der Waals surface area contributed by atoms with E-state index in [1.807, 2.05) is 6.92 Å². The molecular formula is C14H19NO4. The summed E-state index contributed by atoms with van der Waals surface area (Å²) in [5.41, 5.74) is 0.482. The van der Waals surface area contributed by atoms with Crippen LogP contribution in [0.15, 0.2) is 36.9 Å². The van der Waals surface area contributed by atoms with Crippen molar-refractivity contribution in [3.8, 4) is 5.75 Å². The first-order valence-corrected chi connectivity index (χ1v) is 6.05. The Bertz CT molecular complexity index is 433. The summed E-state index contributed by atoms with van der Waals surface area (Å²) in [6.07, 6.45) is 0.817. The van der Waals surface area contributed by atoms with Crippen LogP contribution in [0.5, 0.6) is 5.75 Å². The number of hydrogen-bond donors (Lipinski definition) is 1. The van der Waals surface area contributed by atoms with Crippen molar-refractivity contribution >= 4 is 11.8 Å². The maximum absolute atomic E-state index is 11.0. The third-order valence-corrected chi connectivity index (χ3v) is 2.51. The van der Waals surface area contributed by atoms with Gasteiger partial charge < -0.3 is 14.6 Å². The molecule has 1 atom stereocenters. The molecule has 1 aromatic rings. The highest BCUT2D eigenvalue weighted by molar-refractivity contribution is 5.87. The molecule has 5 heteroatoms. The van der Waals surface area contributed by atoms with Crippen LogP contribution in [0, 0.1) is 0 Å². The number of para-hydroxylation sites is 2. The lowest BCUT2D eigenvalue weighted by Gasteiger charge is -2.22. The summed E-state index contributed by atoms with van der Waals surface area (Å²) >= 11 is 0. The molecule has 0 aliphatic carbocycles. The summed E-state index contributed by atoms with van der Waals surface area (Å²) in [5.74, 6) is 0.475. The van der Waals surface area contributed by atoms with Crippen molar-refractivity contribution in [1.82, 2.24) is 0 Å². The predicted molar refractivity (Wildman–Crippen MR) is 73.7 cm³/mol. The predicted octanol–water partition coefficient (Wildman–Crippen LogP) is 3.12. The topological polar surface area (TPSA) is 59.0 Å². The third-order valence-electron chi connectivity index (χ3n) is 2.51. The van der Waals surface area contributed by atoms with Crippen LogP contribution < -0.4 is 9.64 Å². The van der Waals surface area contributed by atoms with Gasteiger partial charge in [0, 0.05) is 13.5 Å². The van der Waals surface area contributed by atoms with E-state index >= 15 is 0 Å². The van der Waals surface area contributed by atoms with Gasteiger partial charge in [0.1, 0.15) is 5.75 Å². The van der Waals surface area contributed by atoms with Gasteiger partial charge in [-0.25, -0.2) is 4.79 Å². The van der Waals surface area contributed by atoms with Gasteiger partial charge in [-0.3, -0.25) is 4.90 Å². The number of nitrogens with zero attached hydrogens (tertiary/aromatic N) is 1. The van der Waals surface area contributed by atoms with Gasteiger partial charge in [-0.2, -0.15) is 0 Å². The molecule has 5 nitrogen and oxygen atoms in total. The zero-order valence-electron chi connectivity index (χ0n) is 11.2. The van der Waals surface area contributed by atoms with Gasteiger partial charge in [0.25, 0.3) is 0 Å². The van der Waals surface area contributed by atoms with Crippen molar-refractivity contribution < 1.29 is 19.4 Å². The van der Waals surface area contributed by atoms with Crippen LogP contribution in [0.1, 0.15) is 13.3 Å². The van der Waals surface area contributed by atoms with E-state index in [-0.39, 0.29) is 0 Å². The lowest BCUT2D eigenvalue weighted by Crippen LogP contribution is -2.26. The molecule has 0 bridgehead atoms. The molecule has 0 radical (unpaired) electrons. The highest BCUT2D eigenvalue weighted by Crippen LogP contribution is 2.28. The average Bonchev–Trinajstić information content (AvgIpc) is 2.43. The van der Waals surface area contributed by atoms with Gasteiger partial charge >= 0.3 is 6.09 Å². The van der Waals surface area contributed by atoms with Crippen LogP contribution in [0.3, 0.4) is 0 Å². The van der Waals surface area contributed by atoms with Crippen LogP contribution in [-0.2, 0) is 4.74 Å². The number of amides is 1. The Kier molecular flexibility index (Phi) is 5.89. The summed E-state index contributed by atoms with van der Waals surface area (Å²) in [4.78, 5) is 12.1. The van der Waals surface area contributed by atoms with Crippen molar-refractivity contribution in [3.05, 3.63) is 36.9 Å². The highest BCUT2D eigenvalue weighted by atomic mass is 16.7. The zero-order valence-corrected chi connectivity index (χ0v) is 11.2. The Hall–Kier alpha value is -2.01. The lowest BCUT2D eigenvalue weighted by molar-refractivity contribution is -0.0702. The molecule has 19 heavy (non-hydrogen) atoms. The molecular weight excluding hydrogens is 246 g/mol. The molecule has 0 aromatic heterocycles. The third kappa shape index (κ3) is 4.30. The second kappa shape index (κ2) is 7.43. The summed E-state index contributed by atoms with van der Waals surface area (Å²) in [5, 5.41) is 9.02. The van der Waals surface area contributed by atoms with E-state index in [4.69, 9.17) is 14.6 Å². The minimum atomic E-state index is -1.05. The van der Waals surface area contributed by atoms with Gasteiger partial charge in [0.05, 0.1) is 12.3 Å². The molecule has 1 aromatic carbocycles. The van der Waals surface area contributed by atoms with E-state index in [1.165, 1.54) is 7.05 Å². The van der Waals surface area contributed by atoms with Crippen molar-refractivity contribution in [1.29, 1.82) is 0 Å². The van der Waals surface area contributed by atoms with Gasteiger partial charge in [0.15, 0.2) is 6.29 Å². The van der Waals surface area contributed by atoms with E-state index in [0.717, 1.165) is 4.90 Å². The van der Waals surface area contributed by atoms with Gasteiger partial charge in [-0.1, -0.05) is 25.1 Å². The molecule has 1 rings (SSSR count). The highest BCUT2D eigenvalue weighted by Gasteiger charge is 2.16. The number of rotatable bonds is 7. The van der Waals surface area contributed by atoms with E-state index < -0.39 is 12.4 Å². The summed E-state index contributed by atoms with van der Waals surface area (Å²) < 4.78 is 11.1. The van der Waals surface area contributed by atoms with Crippen molar-refractivity contribution in [2.75, 3.05) is 18.6 Å². The first-order chi connectivity index (χ1) is 9.10. The second-order valence-electron chi connectivity index (χ2n) is 3.89. The van der Waals surface area contributed by atoms with Gasteiger partial charge in [0.2, 0.25) is 0 Å². The second-order valence-corrected chi connectivity index (χ2v) is 3.89. The van der Waals surface area contributed by atoms with Crippen LogP contribution >= 0.6 is 0 Å². The smallest absolute Gasteiger partial charge is 0.411 e. The molecule has 1 unspecified atom stereocenters. The molecule has 0 aliphatic rings. The molecule has 0 spiro atoms. The van der Waals surface area contributed by atoms with Crippen LogP contribution in [0.2, 0.25) is 0 Å². The van der Waals surface area contributed by atoms with Crippen LogP contribution in [-0.4, -0.2) is 31.1 Å². The first-order valence-electron chi connectivity index (χ1n) is 6.05. The maximum atomic E-state index is 11.0. The van der Waals surface area contributed by atoms with Crippen molar-refractivity contribution in [3.63, 3.8) is 0 Å². The van der Waals surface area contributed by atoms with E-state index in [2.05, 4.69) is 6.58 Å². The monoisotopic (exact) mass is 265 g/mol. The molecule has 0 aliphatic heterocycles. The Labute approximate surface area is 113 Å². The minimum absolute atomic E-state index is 0.384. The van der Waals surface area contributed by atoms with Crippen molar-refractivity contribution in [2.24, 2.45) is 0 Å². The number of benzene rings is 1. The Morgan fingerprint density at radius 1 is 1.53 bits per heavy atom. The normalized spacial score (nSPS) is 11.7. The molecule has 0 heterocycles. The lowest BCUT2D eigenvalue weighted by atomic mass is 10.2. The SMILES string of the molecule is C=CCOC(CC)Oc1ccccc1N(C)C(=O)O. The van der Waals surface area contributed by atoms with Crippen molar-refractivity contribution in [2.45, 2.75) is 19.6 Å². The fraction of sp³-hybridized carbons (Fsp3) is 0.357. The minimum Gasteiger partial charge on any atom is -0.465 e. The summed E-state index contributed by atoms with van der Waals surface area (Å²) in [6, 6.07) is 6.94. The quantitative estimate of drug-likeness (QED) is 0.608. The van der Waals surface area contributed by atoms with Crippen LogP contribution in [0.4, 0.5) is 10.5 Å². The standard InChI is InChI=1S/C14H19NO4/c1-4-10-18-13(5-2)19-12-9-7-6-8-11(12)15(3)14(16)17/h4,6-9,13H,1,5,10H2,2-3H3,(H,16,17). The van der Waals surface area contributed by atoms with E-state index in [9.17, 15) is 4.79 Å².